The second kappa shape index (κ2) is 7.54. The topological polar surface area (TPSA) is 21.7 Å². The molecule has 1 aliphatic rings. The zero-order valence-electron chi connectivity index (χ0n) is 14.7. The molecule has 0 saturated heterocycles. The summed E-state index contributed by atoms with van der Waals surface area (Å²) in [5.74, 6) is 1.64. The highest BCUT2D eigenvalue weighted by Crippen LogP contribution is 2.33. The average Bonchev–Trinajstić information content (AvgIpc) is 2.61. The van der Waals surface area contributed by atoms with Crippen LogP contribution in [0.5, 0.6) is 11.5 Å². The maximum atomic E-state index is 5.44. The van der Waals surface area contributed by atoms with E-state index in [4.69, 9.17) is 9.47 Å². The van der Waals surface area contributed by atoms with E-state index in [1.54, 1.807) is 14.2 Å². The van der Waals surface area contributed by atoms with E-state index in [1.807, 2.05) is 0 Å². The van der Waals surface area contributed by atoms with Crippen molar-refractivity contribution in [2.75, 3.05) is 27.3 Å². The third kappa shape index (κ3) is 3.80. The van der Waals surface area contributed by atoms with Crippen LogP contribution in [0.4, 0.5) is 0 Å². The molecule has 2 aromatic carbocycles. The average molecular weight is 323 g/mol. The Bertz CT molecular complexity index is 722. The summed E-state index contributed by atoms with van der Waals surface area (Å²) in [7, 11) is 3.38. The van der Waals surface area contributed by atoms with Crippen molar-refractivity contribution in [3.63, 3.8) is 0 Å². The fraction of sp³-hybridized carbons (Fsp3) is 0.333. The van der Waals surface area contributed by atoms with Crippen LogP contribution >= 0.6 is 0 Å². The van der Waals surface area contributed by atoms with Crippen molar-refractivity contribution in [1.82, 2.24) is 4.90 Å². The molecule has 0 bridgehead atoms. The molecule has 1 aliphatic heterocycles. The number of methoxy groups -OCH3 is 2. The van der Waals surface area contributed by atoms with Gasteiger partial charge in [-0.15, -0.1) is 0 Å². The minimum Gasteiger partial charge on any atom is -0.493 e. The van der Waals surface area contributed by atoms with Crippen molar-refractivity contribution >= 4 is 6.08 Å². The summed E-state index contributed by atoms with van der Waals surface area (Å²) in [6.07, 6.45) is 3.32. The smallest absolute Gasteiger partial charge is 0.161 e. The Morgan fingerprint density at radius 3 is 2.38 bits per heavy atom. The molecule has 3 rings (SSSR count). The van der Waals surface area contributed by atoms with Crippen molar-refractivity contribution in [3.05, 3.63) is 64.7 Å². The normalized spacial score (nSPS) is 15.0. The first-order valence-electron chi connectivity index (χ1n) is 8.38. The summed E-state index contributed by atoms with van der Waals surface area (Å²) >= 11 is 0. The molecule has 0 fully saturated rings. The van der Waals surface area contributed by atoms with Gasteiger partial charge in [0.1, 0.15) is 0 Å². The summed E-state index contributed by atoms with van der Waals surface area (Å²) in [4.78, 5) is 2.49. The fourth-order valence-electron chi connectivity index (χ4n) is 3.31. The molecule has 3 heteroatoms. The number of nitrogens with zero attached hydrogens (tertiary/aromatic N) is 1. The van der Waals surface area contributed by atoms with Crippen LogP contribution in [0, 0.1) is 0 Å². The third-order valence-electron chi connectivity index (χ3n) is 4.48. The zero-order valence-corrected chi connectivity index (χ0v) is 14.7. The molecular formula is C21H25NO2. The number of benzene rings is 2. The largest absolute Gasteiger partial charge is 0.493 e. The van der Waals surface area contributed by atoms with E-state index >= 15 is 0 Å². The van der Waals surface area contributed by atoms with Gasteiger partial charge in [-0.3, -0.25) is 4.90 Å². The highest BCUT2D eigenvalue weighted by molar-refractivity contribution is 5.52. The Morgan fingerprint density at radius 1 is 1.04 bits per heavy atom. The number of fused-ring (bicyclic) bond motifs is 1. The van der Waals surface area contributed by atoms with Crippen LogP contribution in [0.15, 0.2) is 48.0 Å². The highest BCUT2D eigenvalue weighted by atomic mass is 16.5. The molecule has 24 heavy (non-hydrogen) atoms. The molecule has 1 heterocycles. The molecule has 0 N–H and O–H groups in total. The van der Waals surface area contributed by atoms with Gasteiger partial charge in [0, 0.05) is 19.6 Å². The Balaban J connectivity index is 1.72. The standard InChI is InChI=1S/C21H25NO2/c1-16(11-17-7-5-4-6-8-17)14-22-10-9-18-12-20(23-2)21(24-3)13-19(18)15-22/h4-8,11-13H,9-10,14-15H2,1-3H3. The van der Waals surface area contributed by atoms with Crippen molar-refractivity contribution in [3.8, 4) is 11.5 Å². The van der Waals surface area contributed by atoms with Crippen LogP contribution in [0.2, 0.25) is 0 Å². The molecule has 3 nitrogen and oxygen atoms in total. The maximum Gasteiger partial charge on any atom is 0.161 e. The lowest BCUT2D eigenvalue weighted by Gasteiger charge is -2.29. The second-order valence-corrected chi connectivity index (χ2v) is 6.34. The number of hydrogen-bond donors (Lipinski definition) is 0. The number of ether oxygens (including phenoxy) is 2. The van der Waals surface area contributed by atoms with Crippen LogP contribution in [0.1, 0.15) is 23.6 Å². The number of rotatable bonds is 5. The van der Waals surface area contributed by atoms with Crippen molar-refractivity contribution in [2.45, 2.75) is 19.9 Å². The van der Waals surface area contributed by atoms with Gasteiger partial charge in [0.15, 0.2) is 11.5 Å². The summed E-state index contributed by atoms with van der Waals surface area (Å²) in [6.45, 7) is 5.22. The van der Waals surface area contributed by atoms with Crippen LogP contribution in [0.25, 0.3) is 6.08 Å². The molecule has 0 atom stereocenters. The van der Waals surface area contributed by atoms with Crippen LogP contribution < -0.4 is 9.47 Å². The van der Waals surface area contributed by atoms with E-state index in [9.17, 15) is 0 Å². The van der Waals surface area contributed by atoms with E-state index in [2.05, 4.69) is 60.4 Å². The van der Waals surface area contributed by atoms with Crippen LogP contribution in [0.3, 0.4) is 0 Å². The summed E-state index contributed by atoms with van der Waals surface area (Å²) in [5, 5.41) is 0. The van der Waals surface area contributed by atoms with Crippen molar-refractivity contribution < 1.29 is 9.47 Å². The fourth-order valence-corrected chi connectivity index (χ4v) is 3.31. The molecular weight excluding hydrogens is 298 g/mol. The van der Waals surface area contributed by atoms with Gasteiger partial charge in [-0.25, -0.2) is 0 Å². The first-order valence-corrected chi connectivity index (χ1v) is 8.38. The quantitative estimate of drug-likeness (QED) is 0.824. The lowest BCUT2D eigenvalue weighted by molar-refractivity contribution is 0.274. The zero-order chi connectivity index (χ0) is 16.9. The summed E-state index contributed by atoms with van der Waals surface area (Å²) < 4.78 is 10.9. The molecule has 2 aromatic rings. The van der Waals surface area contributed by atoms with Gasteiger partial charge in [-0.2, -0.15) is 0 Å². The monoisotopic (exact) mass is 323 g/mol. The van der Waals surface area contributed by atoms with Gasteiger partial charge in [0.05, 0.1) is 14.2 Å². The first-order chi connectivity index (χ1) is 11.7. The van der Waals surface area contributed by atoms with Gasteiger partial charge in [0.25, 0.3) is 0 Å². The molecule has 0 aromatic heterocycles. The van der Waals surface area contributed by atoms with Gasteiger partial charge in [-0.05, 0) is 42.2 Å². The molecule has 0 saturated carbocycles. The predicted octanol–water partition coefficient (Wildman–Crippen LogP) is 4.17. The Labute approximate surface area is 144 Å². The SMILES string of the molecule is COc1cc2c(cc1OC)CN(CC(C)=Cc1ccccc1)CC2. The third-order valence-corrected chi connectivity index (χ3v) is 4.48. The van der Waals surface area contributed by atoms with E-state index < -0.39 is 0 Å². The van der Waals surface area contributed by atoms with Crippen LogP contribution in [-0.2, 0) is 13.0 Å². The van der Waals surface area contributed by atoms with E-state index in [0.29, 0.717) is 0 Å². The lowest BCUT2D eigenvalue weighted by atomic mass is 9.98. The Kier molecular flexibility index (Phi) is 5.21. The van der Waals surface area contributed by atoms with Gasteiger partial charge >= 0.3 is 0 Å². The minimum atomic E-state index is 0.814. The molecule has 0 unspecified atom stereocenters. The predicted molar refractivity (Wildman–Crippen MR) is 98.6 cm³/mol. The molecule has 126 valence electrons. The van der Waals surface area contributed by atoms with Gasteiger partial charge in [-0.1, -0.05) is 42.0 Å². The van der Waals surface area contributed by atoms with Crippen LogP contribution in [-0.4, -0.2) is 32.2 Å². The molecule has 0 aliphatic carbocycles. The maximum absolute atomic E-state index is 5.44. The highest BCUT2D eigenvalue weighted by Gasteiger charge is 2.19. The Hall–Kier alpha value is -2.26. The van der Waals surface area contributed by atoms with Crippen molar-refractivity contribution in [2.24, 2.45) is 0 Å². The second-order valence-electron chi connectivity index (χ2n) is 6.34. The molecule has 0 radical (unpaired) electrons. The first kappa shape index (κ1) is 16.6. The summed E-state index contributed by atoms with van der Waals surface area (Å²) in [5.41, 5.74) is 5.35. The Morgan fingerprint density at radius 2 is 1.71 bits per heavy atom. The summed E-state index contributed by atoms with van der Waals surface area (Å²) in [6, 6.07) is 14.7. The number of hydrogen-bond acceptors (Lipinski definition) is 3. The van der Waals surface area contributed by atoms with Crippen molar-refractivity contribution in [1.29, 1.82) is 0 Å². The minimum absolute atomic E-state index is 0.814. The lowest BCUT2D eigenvalue weighted by Crippen LogP contribution is -2.31. The van der Waals surface area contributed by atoms with E-state index in [1.165, 1.54) is 22.3 Å². The van der Waals surface area contributed by atoms with Gasteiger partial charge < -0.3 is 9.47 Å². The molecule has 0 spiro atoms. The van der Waals surface area contributed by atoms with Gasteiger partial charge in [0.2, 0.25) is 0 Å². The van der Waals surface area contributed by atoms with E-state index in [0.717, 1.165) is 37.6 Å². The van der Waals surface area contributed by atoms with E-state index in [-0.39, 0.29) is 0 Å². The molecule has 0 amide bonds.